The number of pyridine rings is 1. The standard InChI is InChI=1S/C25H28N4O3/c1-16-6-8-18(22(30)11-7-17-13-26-32-14-17)12-19(16)20-9-10-21-23(27-20)28(5)24(31)29(21)15-25(2,3)4/h6,8-10,12-14H,7,11,15H2,1-5H3. The van der Waals surface area contributed by atoms with Crippen LogP contribution in [0.1, 0.15) is 48.7 Å². The fourth-order valence-electron chi connectivity index (χ4n) is 3.87. The van der Waals surface area contributed by atoms with Crippen molar-refractivity contribution in [2.75, 3.05) is 0 Å². The summed E-state index contributed by atoms with van der Waals surface area (Å²) in [6.45, 7) is 8.93. The lowest BCUT2D eigenvalue weighted by Crippen LogP contribution is -2.27. The van der Waals surface area contributed by atoms with Crippen molar-refractivity contribution in [3.63, 3.8) is 0 Å². The monoisotopic (exact) mass is 432 g/mol. The molecule has 32 heavy (non-hydrogen) atoms. The molecule has 0 radical (unpaired) electrons. The highest BCUT2D eigenvalue weighted by Crippen LogP contribution is 2.27. The fourth-order valence-corrected chi connectivity index (χ4v) is 3.87. The van der Waals surface area contributed by atoms with E-state index in [1.165, 1.54) is 0 Å². The van der Waals surface area contributed by atoms with Crippen LogP contribution in [0.25, 0.3) is 22.4 Å². The maximum absolute atomic E-state index is 12.8. The molecular weight excluding hydrogens is 404 g/mol. The normalized spacial score (nSPS) is 11.9. The second-order valence-electron chi connectivity index (χ2n) is 9.51. The topological polar surface area (TPSA) is 82.9 Å². The second kappa shape index (κ2) is 8.22. The van der Waals surface area contributed by atoms with Crippen molar-refractivity contribution in [1.29, 1.82) is 0 Å². The number of ketones is 1. The Morgan fingerprint density at radius 2 is 1.94 bits per heavy atom. The number of benzene rings is 1. The molecule has 0 N–H and O–H groups in total. The van der Waals surface area contributed by atoms with Crippen LogP contribution in [0.15, 0.2) is 52.1 Å². The van der Waals surface area contributed by atoms with Crippen LogP contribution in [0.4, 0.5) is 0 Å². The Hall–Kier alpha value is -3.48. The van der Waals surface area contributed by atoms with E-state index in [1.54, 1.807) is 28.6 Å². The summed E-state index contributed by atoms with van der Waals surface area (Å²) < 4.78 is 8.20. The van der Waals surface area contributed by atoms with Gasteiger partial charge in [0.2, 0.25) is 0 Å². The second-order valence-corrected chi connectivity index (χ2v) is 9.51. The molecular formula is C25H28N4O3. The summed E-state index contributed by atoms with van der Waals surface area (Å²) in [6.07, 6.45) is 4.14. The Balaban J connectivity index is 1.69. The zero-order valence-electron chi connectivity index (χ0n) is 19.2. The third kappa shape index (κ3) is 4.28. The van der Waals surface area contributed by atoms with Gasteiger partial charge >= 0.3 is 5.69 Å². The number of Topliss-reactive ketones (excluding diaryl/α,β-unsaturated/α-hetero) is 1. The third-order valence-electron chi connectivity index (χ3n) is 5.57. The van der Waals surface area contributed by atoms with E-state index < -0.39 is 0 Å². The molecule has 0 saturated heterocycles. The Morgan fingerprint density at radius 1 is 1.16 bits per heavy atom. The maximum Gasteiger partial charge on any atom is 0.330 e. The van der Waals surface area contributed by atoms with Gasteiger partial charge < -0.3 is 4.52 Å². The SMILES string of the molecule is Cc1ccc(C(=O)CCc2cnoc2)cc1-c1ccc2c(n1)n(C)c(=O)n2CC(C)(C)C. The summed E-state index contributed by atoms with van der Waals surface area (Å²) >= 11 is 0. The maximum atomic E-state index is 12.8. The highest BCUT2D eigenvalue weighted by atomic mass is 16.5. The number of nitrogens with zero attached hydrogens (tertiary/aromatic N) is 4. The summed E-state index contributed by atoms with van der Waals surface area (Å²) in [5.74, 6) is 0.0530. The van der Waals surface area contributed by atoms with Crippen LogP contribution in [0, 0.1) is 12.3 Å². The van der Waals surface area contributed by atoms with Crippen LogP contribution >= 0.6 is 0 Å². The number of hydrogen-bond acceptors (Lipinski definition) is 5. The number of carbonyl (C=O) groups excluding carboxylic acids is 1. The molecule has 0 atom stereocenters. The Kier molecular flexibility index (Phi) is 5.59. The molecule has 166 valence electrons. The predicted molar refractivity (Wildman–Crippen MR) is 124 cm³/mol. The van der Waals surface area contributed by atoms with Crippen LogP contribution in [0.5, 0.6) is 0 Å². The zero-order chi connectivity index (χ0) is 23.0. The van der Waals surface area contributed by atoms with E-state index >= 15 is 0 Å². The molecule has 4 aromatic rings. The first kappa shape index (κ1) is 21.7. The summed E-state index contributed by atoms with van der Waals surface area (Å²) in [4.78, 5) is 30.4. The van der Waals surface area contributed by atoms with Gasteiger partial charge in [0.1, 0.15) is 6.26 Å². The zero-order valence-corrected chi connectivity index (χ0v) is 19.2. The van der Waals surface area contributed by atoms with Gasteiger partial charge in [0, 0.05) is 36.7 Å². The van der Waals surface area contributed by atoms with Crippen LogP contribution in [0.3, 0.4) is 0 Å². The molecule has 3 aromatic heterocycles. The summed E-state index contributed by atoms with van der Waals surface area (Å²) in [6, 6.07) is 9.56. The van der Waals surface area contributed by atoms with Gasteiger partial charge in [0.25, 0.3) is 0 Å². The van der Waals surface area contributed by atoms with Gasteiger partial charge in [-0.1, -0.05) is 38.1 Å². The van der Waals surface area contributed by atoms with Crippen LogP contribution < -0.4 is 5.69 Å². The number of aromatic nitrogens is 4. The summed E-state index contributed by atoms with van der Waals surface area (Å²) in [5.41, 5.74) is 5.54. The minimum Gasteiger partial charge on any atom is -0.364 e. The van der Waals surface area contributed by atoms with E-state index in [4.69, 9.17) is 9.51 Å². The first-order chi connectivity index (χ1) is 15.1. The molecule has 0 spiro atoms. The van der Waals surface area contributed by atoms with E-state index in [2.05, 4.69) is 25.9 Å². The Labute approximate surface area is 186 Å². The van der Waals surface area contributed by atoms with Crippen molar-refractivity contribution in [2.24, 2.45) is 12.5 Å². The van der Waals surface area contributed by atoms with E-state index in [0.29, 0.717) is 30.6 Å². The number of aryl methyl sites for hydroxylation is 3. The van der Waals surface area contributed by atoms with Gasteiger partial charge in [0.05, 0.1) is 17.4 Å². The lowest BCUT2D eigenvalue weighted by molar-refractivity contribution is 0.0983. The van der Waals surface area contributed by atoms with Gasteiger partial charge in [0.15, 0.2) is 11.4 Å². The van der Waals surface area contributed by atoms with Gasteiger partial charge in [-0.05, 0) is 42.5 Å². The molecule has 0 aliphatic heterocycles. The van der Waals surface area contributed by atoms with Gasteiger partial charge in [-0.3, -0.25) is 13.9 Å². The van der Waals surface area contributed by atoms with E-state index in [0.717, 1.165) is 27.9 Å². The van der Waals surface area contributed by atoms with E-state index in [1.807, 2.05) is 37.3 Å². The van der Waals surface area contributed by atoms with Crippen molar-refractivity contribution in [3.05, 3.63) is 70.0 Å². The molecule has 4 rings (SSSR count). The number of hydrogen-bond donors (Lipinski definition) is 0. The molecule has 0 unspecified atom stereocenters. The van der Waals surface area contributed by atoms with E-state index in [9.17, 15) is 9.59 Å². The van der Waals surface area contributed by atoms with Gasteiger partial charge in [-0.25, -0.2) is 9.78 Å². The number of rotatable bonds is 6. The smallest absolute Gasteiger partial charge is 0.330 e. The average molecular weight is 433 g/mol. The van der Waals surface area contributed by atoms with Crippen LogP contribution in [-0.4, -0.2) is 25.1 Å². The van der Waals surface area contributed by atoms with E-state index in [-0.39, 0.29) is 16.9 Å². The van der Waals surface area contributed by atoms with Crippen molar-refractivity contribution in [1.82, 2.24) is 19.3 Å². The quantitative estimate of drug-likeness (QED) is 0.417. The molecule has 1 aromatic carbocycles. The molecule has 0 saturated carbocycles. The molecule has 0 aliphatic rings. The van der Waals surface area contributed by atoms with Crippen LogP contribution in [-0.2, 0) is 20.0 Å². The highest BCUT2D eigenvalue weighted by molar-refractivity contribution is 5.97. The number of carbonyl (C=O) groups is 1. The molecule has 7 heteroatoms. The van der Waals surface area contributed by atoms with Crippen molar-refractivity contribution in [3.8, 4) is 11.3 Å². The van der Waals surface area contributed by atoms with Crippen molar-refractivity contribution in [2.45, 2.75) is 47.1 Å². The minimum atomic E-state index is -0.0750. The average Bonchev–Trinajstić information content (AvgIpc) is 3.34. The Morgan fingerprint density at radius 3 is 2.62 bits per heavy atom. The minimum absolute atomic E-state index is 0.0332. The van der Waals surface area contributed by atoms with Gasteiger partial charge in [-0.2, -0.15) is 0 Å². The largest absolute Gasteiger partial charge is 0.364 e. The van der Waals surface area contributed by atoms with Crippen molar-refractivity contribution >= 4 is 16.9 Å². The summed E-state index contributed by atoms with van der Waals surface area (Å²) in [7, 11) is 1.75. The number of imidazole rings is 1. The molecule has 0 fully saturated rings. The first-order valence-electron chi connectivity index (χ1n) is 10.7. The lowest BCUT2D eigenvalue weighted by Gasteiger charge is -2.18. The predicted octanol–water partition coefficient (Wildman–Crippen LogP) is 4.56. The molecule has 0 amide bonds. The fraction of sp³-hybridized carbons (Fsp3) is 0.360. The number of fused-ring (bicyclic) bond motifs is 1. The molecule has 0 bridgehead atoms. The van der Waals surface area contributed by atoms with Crippen LogP contribution in [0.2, 0.25) is 0 Å². The summed E-state index contributed by atoms with van der Waals surface area (Å²) in [5, 5.41) is 3.68. The van der Waals surface area contributed by atoms with Crippen molar-refractivity contribution < 1.29 is 9.32 Å². The lowest BCUT2D eigenvalue weighted by atomic mass is 9.96. The third-order valence-corrected chi connectivity index (χ3v) is 5.57. The van der Waals surface area contributed by atoms with Gasteiger partial charge in [-0.15, -0.1) is 0 Å². The molecule has 0 aliphatic carbocycles. The first-order valence-corrected chi connectivity index (χ1v) is 10.7. The molecule has 3 heterocycles. The Bertz CT molecular complexity index is 1340. The highest BCUT2D eigenvalue weighted by Gasteiger charge is 2.19. The molecule has 7 nitrogen and oxygen atoms in total.